The number of hydrogen-bond acceptors (Lipinski definition) is 4. The molecule has 5 heteroatoms. The molecule has 0 saturated carbocycles. The molecule has 0 aromatic heterocycles. The fourth-order valence-electron chi connectivity index (χ4n) is 1.79. The van der Waals surface area contributed by atoms with Gasteiger partial charge in [-0.2, -0.15) is 0 Å². The van der Waals surface area contributed by atoms with Crippen LogP contribution in [0.15, 0.2) is 24.3 Å². The van der Waals surface area contributed by atoms with E-state index < -0.39 is 0 Å². The summed E-state index contributed by atoms with van der Waals surface area (Å²) in [6.07, 6.45) is 0.152. The van der Waals surface area contributed by atoms with Gasteiger partial charge < -0.3 is 20.1 Å². The predicted octanol–water partition coefficient (Wildman–Crippen LogP) is 1.71. The van der Waals surface area contributed by atoms with Gasteiger partial charge in [0.1, 0.15) is 5.75 Å². The zero-order chi connectivity index (χ0) is 15.7. The van der Waals surface area contributed by atoms with Gasteiger partial charge in [0.05, 0.1) is 18.8 Å². The molecule has 1 unspecified atom stereocenters. The SMILES string of the molecule is COCCNC(=O)C(C)NCc1cccc(OC(C)C)c1. The van der Waals surface area contributed by atoms with E-state index in [9.17, 15) is 4.79 Å². The van der Waals surface area contributed by atoms with E-state index in [1.165, 1.54) is 0 Å². The predicted molar refractivity (Wildman–Crippen MR) is 83.4 cm³/mol. The van der Waals surface area contributed by atoms with Crippen molar-refractivity contribution in [2.24, 2.45) is 0 Å². The number of carbonyl (C=O) groups is 1. The Balaban J connectivity index is 2.41. The minimum absolute atomic E-state index is 0.0263. The van der Waals surface area contributed by atoms with E-state index in [4.69, 9.17) is 9.47 Å². The highest BCUT2D eigenvalue weighted by atomic mass is 16.5. The van der Waals surface area contributed by atoms with Gasteiger partial charge in [-0.3, -0.25) is 4.79 Å². The van der Waals surface area contributed by atoms with E-state index in [0.717, 1.165) is 11.3 Å². The summed E-state index contributed by atoms with van der Waals surface area (Å²) in [7, 11) is 1.61. The third kappa shape index (κ3) is 7.11. The maximum Gasteiger partial charge on any atom is 0.236 e. The molecular formula is C16H26N2O3. The minimum atomic E-state index is -0.253. The van der Waals surface area contributed by atoms with Gasteiger partial charge in [-0.05, 0) is 38.5 Å². The lowest BCUT2D eigenvalue weighted by Crippen LogP contribution is -2.42. The van der Waals surface area contributed by atoms with Crippen molar-refractivity contribution in [3.8, 4) is 5.75 Å². The van der Waals surface area contributed by atoms with Crippen molar-refractivity contribution in [2.75, 3.05) is 20.3 Å². The number of nitrogens with one attached hydrogen (secondary N) is 2. The molecule has 2 N–H and O–H groups in total. The molecule has 1 rings (SSSR count). The Bertz CT molecular complexity index is 435. The number of hydrogen-bond donors (Lipinski definition) is 2. The number of rotatable bonds is 9. The Morgan fingerprint density at radius 2 is 2.05 bits per heavy atom. The van der Waals surface area contributed by atoms with Gasteiger partial charge in [0, 0.05) is 20.2 Å². The highest BCUT2D eigenvalue weighted by molar-refractivity contribution is 5.81. The second kappa shape index (κ2) is 9.37. The average molecular weight is 294 g/mol. The van der Waals surface area contributed by atoms with Crippen molar-refractivity contribution in [3.05, 3.63) is 29.8 Å². The van der Waals surface area contributed by atoms with Crippen molar-refractivity contribution < 1.29 is 14.3 Å². The molecule has 1 aromatic carbocycles. The van der Waals surface area contributed by atoms with Crippen molar-refractivity contribution in [1.82, 2.24) is 10.6 Å². The van der Waals surface area contributed by atoms with E-state index in [1.807, 2.05) is 45.0 Å². The smallest absolute Gasteiger partial charge is 0.236 e. The third-order valence-electron chi connectivity index (χ3n) is 2.88. The van der Waals surface area contributed by atoms with Crippen molar-refractivity contribution in [3.63, 3.8) is 0 Å². The molecule has 1 atom stereocenters. The van der Waals surface area contributed by atoms with Crippen LogP contribution in [-0.2, 0) is 16.1 Å². The Morgan fingerprint density at radius 1 is 1.29 bits per heavy atom. The summed E-state index contributed by atoms with van der Waals surface area (Å²) < 4.78 is 10.6. The molecule has 0 spiro atoms. The molecule has 1 amide bonds. The van der Waals surface area contributed by atoms with E-state index in [-0.39, 0.29) is 18.1 Å². The molecule has 0 aliphatic rings. The van der Waals surface area contributed by atoms with Gasteiger partial charge in [-0.15, -0.1) is 0 Å². The first-order chi connectivity index (χ1) is 10.0. The number of methoxy groups -OCH3 is 1. The molecule has 0 bridgehead atoms. The van der Waals surface area contributed by atoms with Crippen LogP contribution < -0.4 is 15.4 Å². The molecule has 0 heterocycles. The number of ether oxygens (including phenoxy) is 2. The summed E-state index contributed by atoms with van der Waals surface area (Å²) in [4.78, 5) is 11.8. The number of benzene rings is 1. The number of amides is 1. The van der Waals surface area contributed by atoms with Gasteiger partial charge in [0.15, 0.2) is 0 Å². The fourth-order valence-corrected chi connectivity index (χ4v) is 1.79. The summed E-state index contributed by atoms with van der Waals surface area (Å²) in [5, 5.41) is 6.00. The van der Waals surface area contributed by atoms with Crippen LogP contribution in [0.2, 0.25) is 0 Å². The summed E-state index contributed by atoms with van der Waals surface area (Å²) >= 11 is 0. The lowest BCUT2D eigenvalue weighted by atomic mass is 10.2. The summed E-state index contributed by atoms with van der Waals surface area (Å²) in [6.45, 7) is 7.51. The van der Waals surface area contributed by atoms with Crippen LogP contribution in [0.3, 0.4) is 0 Å². The Hall–Kier alpha value is -1.59. The lowest BCUT2D eigenvalue weighted by Gasteiger charge is -2.15. The first-order valence-corrected chi connectivity index (χ1v) is 7.28. The first-order valence-electron chi connectivity index (χ1n) is 7.28. The average Bonchev–Trinajstić information content (AvgIpc) is 2.44. The van der Waals surface area contributed by atoms with Crippen molar-refractivity contribution >= 4 is 5.91 Å². The highest BCUT2D eigenvalue weighted by Crippen LogP contribution is 2.14. The molecule has 0 radical (unpaired) electrons. The largest absolute Gasteiger partial charge is 0.491 e. The van der Waals surface area contributed by atoms with E-state index in [1.54, 1.807) is 7.11 Å². The topological polar surface area (TPSA) is 59.6 Å². The van der Waals surface area contributed by atoms with Crippen LogP contribution in [0.4, 0.5) is 0 Å². The summed E-state index contributed by atoms with van der Waals surface area (Å²) in [6, 6.07) is 7.64. The monoisotopic (exact) mass is 294 g/mol. The Kier molecular flexibility index (Phi) is 7.79. The van der Waals surface area contributed by atoms with Gasteiger partial charge in [0.25, 0.3) is 0 Å². The van der Waals surface area contributed by atoms with E-state index in [2.05, 4.69) is 10.6 Å². The molecule has 0 saturated heterocycles. The molecular weight excluding hydrogens is 268 g/mol. The lowest BCUT2D eigenvalue weighted by molar-refractivity contribution is -0.122. The Labute approximate surface area is 127 Å². The van der Waals surface area contributed by atoms with E-state index >= 15 is 0 Å². The minimum Gasteiger partial charge on any atom is -0.491 e. The summed E-state index contributed by atoms with van der Waals surface area (Å²) in [5.41, 5.74) is 1.09. The van der Waals surface area contributed by atoms with E-state index in [0.29, 0.717) is 19.7 Å². The molecule has 1 aromatic rings. The zero-order valence-corrected chi connectivity index (χ0v) is 13.3. The first kappa shape index (κ1) is 17.5. The highest BCUT2D eigenvalue weighted by Gasteiger charge is 2.11. The van der Waals surface area contributed by atoms with Crippen LogP contribution in [0.5, 0.6) is 5.75 Å². The normalized spacial score (nSPS) is 12.2. The molecule has 0 aliphatic heterocycles. The quantitative estimate of drug-likeness (QED) is 0.681. The maximum atomic E-state index is 11.8. The second-order valence-electron chi connectivity index (χ2n) is 5.20. The number of carbonyl (C=O) groups excluding carboxylic acids is 1. The van der Waals surface area contributed by atoms with Gasteiger partial charge in [-0.25, -0.2) is 0 Å². The molecule has 21 heavy (non-hydrogen) atoms. The van der Waals surface area contributed by atoms with Crippen LogP contribution in [-0.4, -0.2) is 38.3 Å². The molecule has 118 valence electrons. The molecule has 0 aliphatic carbocycles. The standard InChI is InChI=1S/C16H26N2O3/c1-12(2)21-15-7-5-6-14(10-15)11-18-13(3)16(19)17-8-9-20-4/h5-7,10,12-13,18H,8-9,11H2,1-4H3,(H,17,19). The van der Waals surface area contributed by atoms with Gasteiger partial charge in [0.2, 0.25) is 5.91 Å². The van der Waals surface area contributed by atoms with Crippen molar-refractivity contribution in [2.45, 2.75) is 39.5 Å². The van der Waals surface area contributed by atoms with Gasteiger partial charge in [-0.1, -0.05) is 12.1 Å². The Morgan fingerprint density at radius 3 is 2.71 bits per heavy atom. The van der Waals surface area contributed by atoms with Gasteiger partial charge >= 0.3 is 0 Å². The third-order valence-corrected chi connectivity index (χ3v) is 2.88. The molecule has 0 fully saturated rings. The van der Waals surface area contributed by atoms with Crippen LogP contribution in [0, 0.1) is 0 Å². The second-order valence-corrected chi connectivity index (χ2v) is 5.20. The van der Waals surface area contributed by atoms with Crippen molar-refractivity contribution in [1.29, 1.82) is 0 Å². The van der Waals surface area contributed by atoms with Crippen LogP contribution >= 0.6 is 0 Å². The maximum absolute atomic E-state index is 11.8. The van der Waals surface area contributed by atoms with Crippen LogP contribution in [0.25, 0.3) is 0 Å². The summed E-state index contributed by atoms with van der Waals surface area (Å²) in [5.74, 6) is 0.822. The zero-order valence-electron chi connectivity index (χ0n) is 13.3. The fraction of sp³-hybridized carbons (Fsp3) is 0.562. The molecule has 5 nitrogen and oxygen atoms in total. The van der Waals surface area contributed by atoms with Crippen LogP contribution in [0.1, 0.15) is 26.3 Å².